The molecule has 0 aromatic rings. The summed E-state index contributed by atoms with van der Waals surface area (Å²) in [6, 6.07) is 0. The predicted octanol–water partition coefficient (Wildman–Crippen LogP) is 8.29. The van der Waals surface area contributed by atoms with Crippen molar-refractivity contribution in [1.29, 1.82) is 0 Å². The van der Waals surface area contributed by atoms with Gasteiger partial charge in [0.1, 0.15) is 0 Å². The first-order valence-corrected chi connectivity index (χ1v) is 12.5. The minimum Gasteiger partial charge on any atom is -0.294 e. The highest BCUT2D eigenvalue weighted by atomic mass is 32.2. The second-order valence-electron chi connectivity index (χ2n) is 9.04. The number of Topliss-reactive ketones (excluding diaryl/α,β-unsaturated/α-hetero) is 1. The van der Waals surface area contributed by atoms with Gasteiger partial charge >= 0.3 is 0 Å². The van der Waals surface area contributed by atoms with E-state index < -0.39 is 0 Å². The molecular weight excluding hydrogens is 348 g/mol. The second kappa shape index (κ2) is 13.6. The highest BCUT2D eigenvalue weighted by Gasteiger charge is 2.31. The molecule has 0 bridgehead atoms. The first-order chi connectivity index (χ1) is 12.9. The normalized spacial score (nSPS) is 17.4. The zero-order chi connectivity index (χ0) is 20.1. The molecule has 0 heterocycles. The number of thioether (sulfide) groups is 1. The number of ketones is 1. The van der Waals surface area contributed by atoms with E-state index in [-0.39, 0.29) is 5.41 Å². The molecule has 0 aliphatic heterocycles. The van der Waals surface area contributed by atoms with Crippen LogP contribution in [0.1, 0.15) is 112 Å². The Hall–Kier alpha value is -0.500. The Morgan fingerprint density at radius 1 is 1.04 bits per heavy atom. The summed E-state index contributed by atoms with van der Waals surface area (Å²) in [6.07, 6.45) is 19.9. The molecule has 2 heteroatoms. The van der Waals surface area contributed by atoms with Crippen molar-refractivity contribution in [3.63, 3.8) is 0 Å². The van der Waals surface area contributed by atoms with Gasteiger partial charge in [0.05, 0.1) is 0 Å². The third-order valence-electron chi connectivity index (χ3n) is 5.72. The molecule has 0 fully saturated rings. The Kier molecular flexibility index (Phi) is 12.4. The average Bonchev–Trinajstić information content (AvgIpc) is 2.58. The molecule has 0 radical (unpaired) electrons. The quantitative estimate of drug-likeness (QED) is 0.261. The van der Waals surface area contributed by atoms with Crippen molar-refractivity contribution in [2.45, 2.75) is 117 Å². The van der Waals surface area contributed by atoms with Crippen molar-refractivity contribution in [3.8, 4) is 0 Å². The van der Waals surface area contributed by atoms with Crippen LogP contribution in [0.5, 0.6) is 0 Å². The Labute approximate surface area is 173 Å². The van der Waals surface area contributed by atoms with E-state index in [0.717, 1.165) is 12.0 Å². The van der Waals surface area contributed by atoms with E-state index in [9.17, 15) is 4.79 Å². The molecule has 1 atom stereocenters. The summed E-state index contributed by atoms with van der Waals surface area (Å²) in [4.78, 5) is 12.8. The van der Waals surface area contributed by atoms with Crippen LogP contribution >= 0.6 is 11.8 Å². The molecule has 1 nitrogen and oxygen atoms in total. The minimum atomic E-state index is -0.00313. The first kappa shape index (κ1) is 24.5. The minimum absolute atomic E-state index is 0.00313. The van der Waals surface area contributed by atoms with Gasteiger partial charge in [-0.1, -0.05) is 97.6 Å². The maximum Gasteiger partial charge on any atom is 0.160 e. The number of carbonyl (C=O) groups is 1. The van der Waals surface area contributed by atoms with Crippen molar-refractivity contribution in [1.82, 2.24) is 0 Å². The van der Waals surface area contributed by atoms with Gasteiger partial charge in [-0.3, -0.25) is 4.79 Å². The summed E-state index contributed by atoms with van der Waals surface area (Å²) in [5, 5.41) is 0.429. The van der Waals surface area contributed by atoms with Gasteiger partial charge in [0.2, 0.25) is 0 Å². The lowest BCUT2D eigenvalue weighted by Crippen LogP contribution is -2.25. The van der Waals surface area contributed by atoms with Gasteiger partial charge in [0.15, 0.2) is 5.78 Å². The molecule has 0 saturated heterocycles. The maximum atomic E-state index is 12.8. The lowest BCUT2D eigenvalue weighted by atomic mass is 9.73. The Morgan fingerprint density at radius 2 is 1.59 bits per heavy atom. The summed E-state index contributed by atoms with van der Waals surface area (Å²) in [7, 11) is 0. The van der Waals surface area contributed by atoms with Crippen LogP contribution in [0.15, 0.2) is 23.3 Å². The van der Waals surface area contributed by atoms with Gasteiger partial charge in [-0.15, -0.1) is 0 Å². The Morgan fingerprint density at radius 3 is 2.15 bits per heavy atom. The van der Waals surface area contributed by atoms with E-state index >= 15 is 0 Å². The molecule has 1 aliphatic carbocycles. The third-order valence-corrected chi connectivity index (χ3v) is 6.98. The monoisotopic (exact) mass is 392 g/mol. The van der Waals surface area contributed by atoms with E-state index in [1.165, 1.54) is 75.5 Å². The topological polar surface area (TPSA) is 17.1 Å². The van der Waals surface area contributed by atoms with Crippen LogP contribution in [0.25, 0.3) is 0 Å². The van der Waals surface area contributed by atoms with E-state index in [4.69, 9.17) is 0 Å². The van der Waals surface area contributed by atoms with Gasteiger partial charge in [0.25, 0.3) is 0 Å². The molecule has 0 aromatic carbocycles. The molecule has 0 aromatic heterocycles. The van der Waals surface area contributed by atoms with Crippen LogP contribution in [-0.2, 0) is 4.79 Å². The number of carbonyl (C=O) groups excluding carboxylic acids is 1. The first-order valence-electron chi connectivity index (χ1n) is 11.4. The molecule has 0 N–H and O–H groups in total. The lowest BCUT2D eigenvalue weighted by Gasteiger charge is -2.31. The zero-order valence-electron chi connectivity index (χ0n) is 18.7. The Bertz CT molecular complexity index is 487. The van der Waals surface area contributed by atoms with Crippen LogP contribution in [0.4, 0.5) is 0 Å². The highest BCUT2D eigenvalue weighted by Crippen LogP contribution is 2.38. The zero-order valence-corrected chi connectivity index (χ0v) is 19.6. The van der Waals surface area contributed by atoms with Crippen molar-refractivity contribution in [2.75, 3.05) is 5.75 Å². The molecule has 1 unspecified atom stereocenters. The summed E-state index contributed by atoms with van der Waals surface area (Å²) in [5.74, 6) is 1.57. The van der Waals surface area contributed by atoms with Crippen molar-refractivity contribution in [2.24, 2.45) is 5.41 Å². The molecule has 0 spiro atoms. The number of hydrogen-bond donors (Lipinski definition) is 0. The van der Waals surface area contributed by atoms with Crippen molar-refractivity contribution < 1.29 is 4.79 Å². The van der Waals surface area contributed by atoms with Crippen LogP contribution in [0, 0.1) is 5.41 Å². The second-order valence-corrected chi connectivity index (χ2v) is 10.6. The molecule has 1 rings (SSSR count). The standard InChI is InChI=1S/C25H44OS/c1-6-7-8-9-10-11-12-13-14-15-19-27-22(3)20-23(26)24-21(2)17-16-18-25(24,4)5/h16-17,22H,6-15,18-20H2,1-5H3. The number of rotatable bonds is 15. The van der Waals surface area contributed by atoms with E-state index in [1.54, 1.807) is 0 Å². The maximum absolute atomic E-state index is 12.8. The van der Waals surface area contributed by atoms with Gasteiger partial charge in [-0.05, 0) is 36.5 Å². The van der Waals surface area contributed by atoms with Crippen molar-refractivity contribution >= 4 is 17.5 Å². The van der Waals surface area contributed by atoms with Gasteiger partial charge in [0, 0.05) is 17.2 Å². The highest BCUT2D eigenvalue weighted by molar-refractivity contribution is 7.99. The molecule has 0 saturated carbocycles. The van der Waals surface area contributed by atoms with Gasteiger partial charge < -0.3 is 0 Å². The summed E-state index contributed by atoms with van der Waals surface area (Å²) in [6.45, 7) is 11.0. The van der Waals surface area contributed by atoms with Crippen LogP contribution in [0.2, 0.25) is 0 Å². The van der Waals surface area contributed by atoms with E-state index in [0.29, 0.717) is 17.5 Å². The smallest absolute Gasteiger partial charge is 0.160 e. The van der Waals surface area contributed by atoms with Crippen LogP contribution < -0.4 is 0 Å². The molecule has 156 valence electrons. The molecule has 0 amide bonds. The summed E-state index contributed by atoms with van der Waals surface area (Å²) >= 11 is 1.99. The fourth-order valence-electron chi connectivity index (χ4n) is 4.14. The summed E-state index contributed by atoms with van der Waals surface area (Å²) < 4.78 is 0. The fourth-order valence-corrected chi connectivity index (χ4v) is 5.19. The summed E-state index contributed by atoms with van der Waals surface area (Å²) in [5.41, 5.74) is 2.23. The van der Waals surface area contributed by atoms with Crippen LogP contribution in [0.3, 0.4) is 0 Å². The molecule has 27 heavy (non-hydrogen) atoms. The molecular formula is C25H44OS. The molecule has 1 aliphatic rings. The Balaban J connectivity index is 2.11. The third kappa shape index (κ3) is 10.0. The van der Waals surface area contributed by atoms with Gasteiger partial charge in [-0.25, -0.2) is 0 Å². The number of unbranched alkanes of at least 4 members (excludes halogenated alkanes) is 9. The SMILES string of the molecule is CCCCCCCCCCCCSC(C)CC(=O)C1=C(C)C=CCC1(C)C. The fraction of sp³-hybridized carbons (Fsp3) is 0.800. The van der Waals surface area contributed by atoms with E-state index in [1.807, 2.05) is 11.8 Å². The van der Waals surface area contributed by atoms with Crippen LogP contribution in [-0.4, -0.2) is 16.8 Å². The number of allylic oxidation sites excluding steroid dienone is 4. The van der Waals surface area contributed by atoms with Gasteiger partial charge in [-0.2, -0.15) is 11.8 Å². The number of hydrogen-bond acceptors (Lipinski definition) is 2. The van der Waals surface area contributed by atoms with E-state index in [2.05, 4.69) is 46.8 Å². The lowest BCUT2D eigenvalue weighted by molar-refractivity contribution is -0.116. The van der Waals surface area contributed by atoms with Crippen molar-refractivity contribution in [3.05, 3.63) is 23.3 Å². The average molecular weight is 393 g/mol. The predicted molar refractivity (Wildman–Crippen MR) is 124 cm³/mol. The largest absolute Gasteiger partial charge is 0.294 e.